The van der Waals surface area contributed by atoms with Crippen molar-refractivity contribution in [3.05, 3.63) is 51.2 Å². The molecule has 0 saturated heterocycles. The summed E-state index contributed by atoms with van der Waals surface area (Å²) in [4.78, 5) is 17.4. The van der Waals surface area contributed by atoms with E-state index in [1.807, 2.05) is 11.5 Å². The smallest absolute Gasteiger partial charge is 0.283 e. The van der Waals surface area contributed by atoms with Crippen molar-refractivity contribution in [1.29, 1.82) is 0 Å². The normalized spacial score (nSPS) is 11.9. The van der Waals surface area contributed by atoms with Crippen LogP contribution >= 0.6 is 11.3 Å². The van der Waals surface area contributed by atoms with Gasteiger partial charge in [-0.2, -0.15) is 4.99 Å². The summed E-state index contributed by atoms with van der Waals surface area (Å²) in [5, 5.41) is 0. The van der Waals surface area contributed by atoms with Crippen molar-refractivity contribution in [3.63, 3.8) is 0 Å². The molecule has 0 N–H and O–H groups in total. The Morgan fingerprint density at radius 2 is 1.96 bits per heavy atom. The Morgan fingerprint density at radius 3 is 2.58 bits per heavy atom. The summed E-state index contributed by atoms with van der Waals surface area (Å²) < 4.78 is 8.40. The third-order valence-electron chi connectivity index (χ3n) is 4.02. The van der Waals surface area contributed by atoms with Gasteiger partial charge in [0.2, 0.25) is 0 Å². The van der Waals surface area contributed by atoms with Gasteiger partial charge >= 0.3 is 0 Å². The summed E-state index contributed by atoms with van der Waals surface area (Å²) in [6.45, 7) is 8.08. The van der Waals surface area contributed by atoms with Gasteiger partial charge in [-0.25, -0.2) is 0 Å². The molecule has 2 heterocycles. The van der Waals surface area contributed by atoms with Gasteiger partial charge in [-0.3, -0.25) is 4.79 Å². The van der Waals surface area contributed by atoms with Crippen LogP contribution in [0.3, 0.4) is 0 Å². The molecule has 0 aliphatic carbocycles. The Bertz CT molecular complexity index is 1060. The van der Waals surface area contributed by atoms with Crippen LogP contribution in [0.5, 0.6) is 0 Å². The SMILES string of the molecule is C#CCn1c(=NC(=O)c2cc(C)oc2C)sc2cc(C)c(C)cc21. The largest absolute Gasteiger partial charge is 0.466 e. The molecule has 0 fully saturated rings. The topological polar surface area (TPSA) is 47.5 Å². The molecule has 0 spiro atoms. The van der Waals surface area contributed by atoms with E-state index in [9.17, 15) is 4.79 Å². The first kappa shape index (κ1) is 16.3. The zero-order valence-electron chi connectivity index (χ0n) is 14.1. The number of rotatable bonds is 2. The zero-order valence-corrected chi connectivity index (χ0v) is 15.0. The van der Waals surface area contributed by atoms with Crippen LogP contribution in [-0.2, 0) is 6.54 Å². The van der Waals surface area contributed by atoms with Crippen LogP contribution < -0.4 is 4.80 Å². The van der Waals surface area contributed by atoms with Gasteiger partial charge in [0.05, 0.1) is 22.3 Å². The molecule has 0 unspecified atom stereocenters. The van der Waals surface area contributed by atoms with Gasteiger partial charge in [-0.15, -0.1) is 6.42 Å². The molecule has 4 nitrogen and oxygen atoms in total. The lowest BCUT2D eigenvalue weighted by Crippen LogP contribution is -2.16. The number of hydrogen-bond donors (Lipinski definition) is 0. The minimum Gasteiger partial charge on any atom is -0.466 e. The first-order valence-electron chi connectivity index (χ1n) is 7.61. The Kier molecular flexibility index (Phi) is 4.16. The fourth-order valence-electron chi connectivity index (χ4n) is 2.64. The number of terminal acetylenes is 1. The summed E-state index contributed by atoms with van der Waals surface area (Å²) in [5.41, 5.74) is 3.89. The van der Waals surface area contributed by atoms with Gasteiger partial charge in [-0.1, -0.05) is 17.3 Å². The van der Waals surface area contributed by atoms with E-state index in [1.54, 1.807) is 13.0 Å². The van der Waals surface area contributed by atoms with Gasteiger partial charge < -0.3 is 8.98 Å². The van der Waals surface area contributed by atoms with E-state index in [-0.39, 0.29) is 5.91 Å². The number of aromatic nitrogens is 1. The predicted molar refractivity (Wildman–Crippen MR) is 96.2 cm³/mol. The Morgan fingerprint density at radius 1 is 1.25 bits per heavy atom. The molecule has 3 aromatic rings. The molecule has 5 heteroatoms. The van der Waals surface area contributed by atoms with Gasteiger partial charge in [0.1, 0.15) is 11.5 Å². The number of carbonyl (C=O) groups is 1. The van der Waals surface area contributed by atoms with Crippen molar-refractivity contribution < 1.29 is 9.21 Å². The van der Waals surface area contributed by atoms with Crippen molar-refractivity contribution in [3.8, 4) is 12.3 Å². The molecule has 1 amide bonds. The van der Waals surface area contributed by atoms with Crippen LogP contribution in [0, 0.1) is 40.0 Å². The highest BCUT2D eigenvalue weighted by atomic mass is 32.1. The van der Waals surface area contributed by atoms with Crippen molar-refractivity contribution in [2.45, 2.75) is 34.2 Å². The Hall–Kier alpha value is -2.58. The number of carbonyl (C=O) groups excluding carboxylic acids is 1. The maximum Gasteiger partial charge on any atom is 0.283 e. The number of thiazole rings is 1. The first-order chi connectivity index (χ1) is 11.4. The van der Waals surface area contributed by atoms with Gasteiger partial charge in [-0.05, 0) is 57.0 Å². The molecule has 0 saturated carbocycles. The third-order valence-corrected chi connectivity index (χ3v) is 5.06. The van der Waals surface area contributed by atoms with Crippen molar-refractivity contribution in [1.82, 2.24) is 4.57 Å². The standard InChI is InChI=1S/C19H18N2O2S/c1-6-7-21-16-8-11(2)12(3)9-17(16)24-19(21)20-18(22)15-10-13(4)23-14(15)5/h1,8-10H,7H2,2-5H3. The van der Waals surface area contributed by atoms with E-state index in [4.69, 9.17) is 10.8 Å². The summed E-state index contributed by atoms with van der Waals surface area (Å²) in [5.74, 6) is 3.62. The molecule has 122 valence electrons. The van der Waals surface area contributed by atoms with E-state index in [2.05, 4.69) is 36.9 Å². The minimum atomic E-state index is -0.310. The zero-order chi connectivity index (χ0) is 17.4. The van der Waals surface area contributed by atoms with Gasteiger partial charge in [0.25, 0.3) is 5.91 Å². The molecule has 2 aromatic heterocycles. The average Bonchev–Trinajstić information content (AvgIpc) is 3.01. The predicted octanol–water partition coefficient (Wildman–Crippen LogP) is 3.90. The molecule has 0 bridgehead atoms. The Balaban J connectivity index is 2.21. The second-order valence-corrected chi connectivity index (χ2v) is 6.83. The summed E-state index contributed by atoms with van der Waals surface area (Å²) in [6.07, 6.45) is 5.51. The molecule has 0 aliphatic rings. The van der Waals surface area contributed by atoms with Gasteiger partial charge in [0, 0.05) is 0 Å². The molecule has 24 heavy (non-hydrogen) atoms. The third kappa shape index (κ3) is 2.81. The lowest BCUT2D eigenvalue weighted by Gasteiger charge is -2.03. The lowest BCUT2D eigenvalue weighted by molar-refractivity contribution is 0.0996. The highest BCUT2D eigenvalue weighted by Gasteiger charge is 2.14. The number of furan rings is 1. The molecule has 1 aromatic carbocycles. The molecular formula is C19H18N2O2S. The number of fused-ring (bicyclic) bond motifs is 1. The lowest BCUT2D eigenvalue weighted by atomic mass is 10.1. The highest BCUT2D eigenvalue weighted by molar-refractivity contribution is 7.16. The average molecular weight is 338 g/mol. The summed E-state index contributed by atoms with van der Waals surface area (Å²) in [7, 11) is 0. The van der Waals surface area contributed by atoms with E-state index in [1.165, 1.54) is 22.5 Å². The maximum atomic E-state index is 12.5. The first-order valence-corrected chi connectivity index (χ1v) is 8.42. The number of amides is 1. The second-order valence-electron chi connectivity index (χ2n) is 5.82. The van der Waals surface area contributed by atoms with Crippen molar-refractivity contribution in [2.75, 3.05) is 0 Å². The molecule has 0 radical (unpaired) electrons. The molecule has 0 aliphatic heterocycles. The van der Waals surface area contributed by atoms with Crippen LogP contribution in [0.2, 0.25) is 0 Å². The molecule has 3 rings (SSSR count). The van der Waals surface area contributed by atoms with Crippen LogP contribution in [-0.4, -0.2) is 10.5 Å². The van der Waals surface area contributed by atoms with Crippen LogP contribution in [0.25, 0.3) is 10.2 Å². The van der Waals surface area contributed by atoms with E-state index in [0.717, 1.165) is 10.2 Å². The van der Waals surface area contributed by atoms with Crippen LogP contribution in [0.15, 0.2) is 27.6 Å². The highest BCUT2D eigenvalue weighted by Crippen LogP contribution is 2.22. The number of benzene rings is 1. The van der Waals surface area contributed by atoms with E-state index >= 15 is 0 Å². The Labute approximate surface area is 144 Å². The number of nitrogens with zero attached hydrogens (tertiary/aromatic N) is 2. The fraction of sp³-hybridized carbons (Fsp3) is 0.263. The van der Waals surface area contributed by atoms with E-state index in [0.29, 0.717) is 28.4 Å². The van der Waals surface area contributed by atoms with Crippen LogP contribution in [0.1, 0.15) is 33.0 Å². The second kappa shape index (κ2) is 6.14. The minimum absolute atomic E-state index is 0.310. The molecular weight excluding hydrogens is 320 g/mol. The van der Waals surface area contributed by atoms with E-state index < -0.39 is 0 Å². The fourth-order valence-corrected chi connectivity index (χ4v) is 3.75. The monoisotopic (exact) mass is 338 g/mol. The maximum absolute atomic E-state index is 12.5. The quantitative estimate of drug-likeness (QED) is 0.665. The summed E-state index contributed by atoms with van der Waals surface area (Å²) in [6, 6.07) is 5.92. The van der Waals surface area contributed by atoms with Crippen molar-refractivity contribution >= 4 is 27.5 Å². The van der Waals surface area contributed by atoms with Crippen LogP contribution in [0.4, 0.5) is 0 Å². The van der Waals surface area contributed by atoms with Crippen molar-refractivity contribution in [2.24, 2.45) is 4.99 Å². The summed E-state index contributed by atoms with van der Waals surface area (Å²) >= 11 is 1.47. The van der Waals surface area contributed by atoms with Gasteiger partial charge in [0.15, 0.2) is 4.80 Å². The number of aryl methyl sites for hydroxylation is 4. The molecule has 0 atom stereocenters. The number of hydrogen-bond acceptors (Lipinski definition) is 3.